The van der Waals surface area contributed by atoms with Gasteiger partial charge in [-0.3, -0.25) is 14.5 Å². The highest BCUT2D eigenvalue weighted by Crippen LogP contribution is 2.22. The van der Waals surface area contributed by atoms with Crippen LogP contribution in [-0.4, -0.2) is 67.0 Å². The van der Waals surface area contributed by atoms with Gasteiger partial charge in [-0.05, 0) is 38.0 Å². The molecule has 3 rings (SSSR count). The molecule has 1 unspecified atom stereocenters. The third kappa shape index (κ3) is 4.10. The monoisotopic (exact) mass is 349 g/mol. The molecule has 1 aliphatic heterocycles. The minimum absolute atomic E-state index is 0.0501. The Morgan fingerprint density at radius 2 is 1.92 bits per heavy atom. The van der Waals surface area contributed by atoms with Crippen LogP contribution in [0, 0.1) is 5.82 Å². The van der Waals surface area contributed by atoms with E-state index in [-0.39, 0.29) is 23.4 Å². The zero-order valence-electron chi connectivity index (χ0n) is 14.6. The molecule has 7 heteroatoms. The van der Waals surface area contributed by atoms with Crippen molar-refractivity contribution in [3.8, 4) is 5.75 Å². The van der Waals surface area contributed by atoms with Gasteiger partial charge in [0.1, 0.15) is 11.6 Å². The van der Waals surface area contributed by atoms with Crippen molar-refractivity contribution in [2.24, 2.45) is 0 Å². The largest absolute Gasteiger partial charge is 0.496 e. The van der Waals surface area contributed by atoms with Crippen LogP contribution in [0.25, 0.3) is 0 Å². The van der Waals surface area contributed by atoms with Gasteiger partial charge >= 0.3 is 0 Å². The van der Waals surface area contributed by atoms with Crippen molar-refractivity contribution in [3.05, 3.63) is 29.6 Å². The van der Waals surface area contributed by atoms with E-state index in [2.05, 4.69) is 10.2 Å². The van der Waals surface area contributed by atoms with Crippen LogP contribution in [0.1, 0.15) is 30.1 Å². The Kier molecular flexibility index (Phi) is 5.22. The second-order valence-electron chi connectivity index (χ2n) is 6.63. The van der Waals surface area contributed by atoms with Crippen molar-refractivity contribution in [2.45, 2.75) is 31.8 Å². The molecule has 1 N–H and O–H groups in total. The van der Waals surface area contributed by atoms with Crippen molar-refractivity contribution in [1.82, 2.24) is 15.1 Å². The first-order chi connectivity index (χ1) is 12.0. The lowest BCUT2D eigenvalue weighted by Gasteiger charge is -2.37. The molecule has 0 aromatic heterocycles. The Hall–Kier alpha value is -2.15. The molecular weight excluding hydrogens is 325 g/mol. The summed E-state index contributed by atoms with van der Waals surface area (Å²) in [5, 5.41) is 3.01. The van der Waals surface area contributed by atoms with Crippen molar-refractivity contribution < 1.29 is 18.7 Å². The topological polar surface area (TPSA) is 61.9 Å². The highest BCUT2D eigenvalue weighted by atomic mass is 19.1. The van der Waals surface area contributed by atoms with E-state index in [1.807, 2.05) is 6.92 Å². The molecule has 2 amide bonds. The van der Waals surface area contributed by atoms with Gasteiger partial charge in [0.2, 0.25) is 5.91 Å². The summed E-state index contributed by atoms with van der Waals surface area (Å²) in [6.07, 6.45) is 2.13. The summed E-state index contributed by atoms with van der Waals surface area (Å²) in [5.41, 5.74) is 0.232. The first kappa shape index (κ1) is 17.7. The average Bonchev–Trinajstić information content (AvgIpc) is 3.44. The predicted octanol–water partition coefficient (Wildman–Crippen LogP) is 1.26. The molecule has 0 bridgehead atoms. The normalized spacial score (nSPS) is 19.4. The van der Waals surface area contributed by atoms with Crippen molar-refractivity contribution >= 4 is 11.8 Å². The molecule has 1 saturated heterocycles. The van der Waals surface area contributed by atoms with Crippen molar-refractivity contribution in [2.75, 3.05) is 33.3 Å². The second kappa shape index (κ2) is 7.39. The van der Waals surface area contributed by atoms with Crippen LogP contribution in [0.4, 0.5) is 4.39 Å². The predicted molar refractivity (Wildman–Crippen MR) is 91.1 cm³/mol. The lowest BCUT2D eigenvalue weighted by atomic mass is 10.1. The van der Waals surface area contributed by atoms with Crippen LogP contribution < -0.4 is 10.1 Å². The van der Waals surface area contributed by atoms with Crippen molar-refractivity contribution in [1.29, 1.82) is 0 Å². The number of benzene rings is 1. The van der Waals surface area contributed by atoms with E-state index in [1.165, 1.54) is 25.3 Å². The van der Waals surface area contributed by atoms with E-state index in [4.69, 9.17) is 4.74 Å². The van der Waals surface area contributed by atoms with Crippen LogP contribution in [0.5, 0.6) is 5.75 Å². The Labute approximate surface area is 146 Å². The molecule has 0 spiro atoms. The van der Waals surface area contributed by atoms with Gasteiger partial charge in [0.25, 0.3) is 5.91 Å². The zero-order chi connectivity index (χ0) is 18.0. The van der Waals surface area contributed by atoms with Gasteiger partial charge in [0.15, 0.2) is 0 Å². The number of rotatable bonds is 5. The fourth-order valence-corrected chi connectivity index (χ4v) is 3.05. The number of hydrogen-bond acceptors (Lipinski definition) is 4. The van der Waals surface area contributed by atoms with Crippen LogP contribution in [0.2, 0.25) is 0 Å². The number of carbonyl (C=O) groups is 2. The van der Waals surface area contributed by atoms with Gasteiger partial charge in [0.05, 0.1) is 18.7 Å². The molecule has 1 atom stereocenters. The summed E-state index contributed by atoms with van der Waals surface area (Å²) >= 11 is 0. The van der Waals surface area contributed by atoms with E-state index >= 15 is 0 Å². The van der Waals surface area contributed by atoms with Gasteiger partial charge in [-0.1, -0.05) is 0 Å². The Morgan fingerprint density at radius 1 is 1.24 bits per heavy atom. The first-order valence-electron chi connectivity index (χ1n) is 8.67. The molecule has 6 nitrogen and oxygen atoms in total. The maximum atomic E-state index is 13.5. The van der Waals surface area contributed by atoms with Crippen LogP contribution >= 0.6 is 0 Å². The summed E-state index contributed by atoms with van der Waals surface area (Å²) in [5.74, 6) is -0.292. The van der Waals surface area contributed by atoms with Gasteiger partial charge < -0.3 is 15.0 Å². The first-order valence-corrected chi connectivity index (χ1v) is 8.67. The quantitative estimate of drug-likeness (QED) is 0.869. The molecule has 1 aromatic rings. The zero-order valence-corrected chi connectivity index (χ0v) is 14.6. The lowest BCUT2D eigenvalue weighted by Crippen LogP contribution is -2.55. The molecule has 136 valence electrons. The Morgan fingerprint density at radius 3 is 2.52 bits per heavy atom. The van der Waals surface area contributed by atoms with E-state index < -0.39 is 5.82 Å². The highest BCUT2D eigenvalue weighted by molar-refractivity contribution is 5.97. The maximum absolute atomic E-state index is 13.5. The minimum Gasteiger partial charge on any atom is -0.496 e. The van der Waals surface area contributed by atoms with Crippen LogP contribution in [-0.2, 0) is 4.79 Å². The van der Waals surface area contributed by atoms with Gasteiger partial charge in [-0.2, -0.15) is 0 Å². The van der Waals surface area contributed by atoms with Crippen LogP contribution in [0.3, 0.4) is 0 Å². The van der Waals surface area contributed by atoms with E-state index in [0.29, 0.717) is 38.0 Å². The standard InChI is InChI=1S/C18H24FN3O3/c1-12(17(23)20-14-4-5-14)21-7-9-22(10-8-21)18(24)15-11-13(19)3-6-16(15)25-2/h3,6,11-12,14H,4-5,7-10H2,1-2H3,(H,20,23). The number of halogens is 1. The summed E-state index contributed by atoms with van der Waals surface area (Å²) in [6.45, 7) is 4.12. The number of nitrogens with one attached hydrogen (secondary N) is 1. The fraction of sp³-hybridized carbons (Fsp3) is 0.556. The van der Waals surface area contributed by atoms with Crippen LogP contribution in [0.15, 0.2) is 18.2 Å². The lowest BCUT2D eigenvalue weighted by molar-refractivity contribution is -0.126. The van der Waals surface area contributed by atoms with E-state index in [9.17, 15) is 14.0 Å². The Bertz CT molecular complexity index is 655. The molecule has 1 aliphatic carbocycles. The number of ether oxygens (including phenoxy) is 1. The molecule has 25 heavy (non-hydrogen) atoms. The second-order valence-corrected chi connectivity index (χ2v) is 6.63. The molecule has 1 saturated carbocycles. The highest BCUT2D eigenvalue weighted by Gasteiger charge is 2.31. The number of methoxy groups -OCH3 is 1. The summed E-state index contributed by atoms with van der Waals surface area (Å²) in [7, 11) is 1.46. The van der Waals surface area contributed by atoms with Crippen molar-refractivity contribution in [3.63, 3.8) is 0 Å². The number of carbonyl (C=O) groups excluding carboxylic acids is 2. The smallest absolute Gasteiger partial charge is 0.257 e. The van der Waals surface area contributed by atoms with E-state index in [0.717, 1.165) is 12.8 Å². The SMILES string of the molecule is COc1ccc(F)cc1C(=O)N1CCN(C(C)C(=O)NC2CC2)CC1. The molecule has 0 radical (unpaired) electrons. The molecule has 1 aromatic carbocycles. The summed E-state index contributed by atoms with van der Waals surface area (Å²) in [6, 6.07) is 4.08. The number of piperazine rings is 1. The number of hydrogen-bond donors (Lipinski definition) is 1. The maximum Gasteiger partial charge on any atom is 0.257 e. The van der Waals surface area contributed by atoms with Gasteiger partial charge in [-0.25, -0.2) is 4.39 Å². The van der Waals surface area contributed by atoms with E-state index in [1.54, 1.807) is 4.90 Å². The Balaban J connectivity index is 1.59. The number of nitrogens with zero attached hydrogens (tertiary/aromatic N) is 2. The molecule has 2 fully saturated rings. The summed E-state index contributed by atoms with van der Waals surface area (Å²) in [4.78, 5) is 28.6. The minimum atomic E-state index is -0.465. The molecular formula is C18H24FN3O3. The third-order valence-electron chi connectivity index (χ3n) is 4.84. The number of amides is 2. The van der Waals surface area contributed by atoms with Gasteiger partial charge in [0, 0.05) is 32.2 Å². The molecule has 1 heterocycles. The fourth-order valence-electron chi connectivity index (χ4n) is 3.05. The third-order valence-corrected chi connectivity index (χ3v) is 4.84. The average molecular weight is 349 g/mol. The summed E-state index contributed by atoms with van der Waals surface area (Å²) < 4.78 is 18.7. The van der Waals surface area contributed by atoms with Gasteiger partial charge in [-0.15, -0.1) is 0 Å². The molecule has 2 aliphatic rings.